The van der Waals surface area contributed by atoms with Gasteiger partial charge in [-0.1, -0.05) is 26.7 Å². The third kappa shape index (κ3) is 4.73. The zero-order valence-corrected chi connectivity index (χ0v) is 14.5. The minimum absolute atomic E-state index is 0.247. The summed E-state index contributed by atoms with van der Waals surface area (Å²) in [6, 6.07) is 0. The first-order chi connectivity index (χ1) is 9.20. The Labute approximate surface area is 126 Å². The molecule has 0 bridgehead atoms. The molecule has 2 aliphatic rings. The van der Waals surface area contributed by atoms with Gasteiger partial charge in [-0.05, 0) is 63.8 Å². The van der Waals surface area contributed by atoms with Crippen LogP contribution in [0.4, 0.5) is 0 Å². The molecule has 0 aromatic heterocycles. The molecule has 0 unspecified atom stereocenters. The summed E-state index contributed by atoms with van der Waals surface area (Å²) in [5, 5.41) is 3.79. The maximum Gasteiger partial charge on any atom is 0.00967 e. The third-order valence-corrected chi connectivity index (χ3v) is 5.20. The summed E-state index contributed by atoms with van der Waals surface area (Å²) in [6.45, 7) is 16.9. The monoisotopic (exact) mass is 280 g/mol. The van der Waals surface area contributed by atoms with E-state index >= 15 is 0 Å². The van der Waals surface area contributed by atoms with Crippen LogP contribution in [0.25, 0.3) is 0 Å². The largest absolute Gasteiger partial charge is 0.311 e. The quantitative estimate of drug-likeness (QED) is 0.835. The number of likely N-dealkylation sites (tertiary alicyclic amines) is 1. The van der Waals surface area contributed by atoms with E-state index in [9.17, 15) is 0 Å². The molecule has 1 aliphatic heterocycles. The van der Waals surface area contributed by atoms with Gasteiger partial charge >= 0.3 is 0 Å². The zero-order valence-electron chi connectivity index (χ0n) is 14.5. The first-order valence-corrected chi connectivity index (χ1v) is 8.67. The average Bonchev–Trinajstić information content (AvgIpc) is 2.73. The van der Waals surface area contributed by atoms with Crippen LogP contribution >= 0.6 is 0 Å². The lowest BCUT2D eigenvalue weighted by Gasteiger charge is -2.43. The van der Waals surface area contributed by atoms with Crippen LogP contribution in [0.15, 0.2) is 0 Å². The summed E-state index contributed by atoms with van der Waals surface area (Å²) in [5.41, 5.74) is 1.31. The molecular formula is C18H36N2. The van der Waals surface area contributed by atoms with Crippen LogP contribution in [0.2, 0.25) is 0 Å². The summed E-state index contributed by atoms with van der Waals surface area (Å²) < 4.78 is 0. The normalized spacial score (nSPS) is 26.9. The van der Waals surface area contributed by atoms with E-state index in [-0.39, 0.29) is 5.54 Å². The van der Waals surface area contributed by atoms with Crippen LogP contribution in [-0.2, 0) is 0 Å². The molecule has 1 saturated carbocycles. The first kappa shape index (κ1) is 16.3. The van der Waals surface area contributed by atoms with Crippen molar-refractivity contribution < 1.29 is 0 Å². The van der Waals surface area contributed by atoms with Crippen molar-refractivity contribution in [3.8, 4) is 0 Å². The van der Waals surface area contributed by atoms with Crippen molar-refractivity contribution >= 4 is 0 Å². The Balaban J connectivity index is 1.95. The summed E-state index contributed by atoms with van der Waals surface area (Å²) >= 11 is 0. The molecule has 20 heavy (non-hydrogen) atoms. The fourth-order valence-corrected chi connectivity index (χ4v) is 4.12. The minimum atomic E-state index is 0.247. The molecule has 118 valence electrons. The van der Waals surface area contributed by atoms with Crippen molar-refractivity contribution in [3.05, 3.63) is 0 Å². The molecule has 0 atom stereocenters. The van der Waals surface area contributed by atoms with Gasteiger partial charge in [0, 0.05) is 25.2 Å². The second kappa shape index (κ2) is 5.96. The highest BCUT2D eigenvalue weighted by Gasteiger charge is 2.38. The average molecular weight is 281 g/mol. The van der Waals surface area contributed by atoms with Gasteiger partial charge in [-0.25, -0.2) is 0 Å². The number of hydrogen-bond acceptors (Lipinski definition) is 2. The van der Waals surface area contributed by atoms with Crippen LogP contribution in [0, 0.1) is 10.8 Å². The predicted octanol–water partition coefficient (Wildman–Crippen LogP) is 4.06. The van der Waals surface area contributed by atoms with Crippen molar-refractivity contribution in [2.45, 2.75) is 78.7 Å². The van der Waals surface area contributed by atoms with Crippen LogP contribution in [0.1, 0.15) is 73.1 Å². The highest BCUT2D eigenvalue weighted by molar-refractivity contribution is 4.93. The Bertz CT molecular complexity index is 308. The maximum absolute atomic E-state index is 3.79. The molecule has 2 nitrogen and oxygen atoms in total. The summed E-state index contributed by atoms with van der Waals surface area (Å²) in [6.07, 6.45) is 8.50. The molecule has 1 saturated heterocycles. The van der Waals surface area contributed by atoms with Gasteiger partial charge in [0.15, 0.2) is 0 Å². The molecule has 0 amide bonds. The Kier molecular flexibility index (Phi) is 4.86. The van der Waals surface area contributed by atoms with E-state index < -0.39 is 0 Å². The van der Waals surface area contributed by atoms with Gasteiger partial charge in [0.05, 0.1) is 0 Å². The fourth-order valence-electron chi connectivity index (χ4n) is 4.12. The zero-order chi connectivity index (χ0) is 14.9. The molecule has 0 radical (unpaired) electrons. The Morgan fingerprint density at radius 3 is 2.20 bits per heavy atom. The second-order valence-electron chi connectivity index (χ2n) is 9.29. The molecule has 0 spiro atoms. The molecule has 1 N–H and O–H groups in total. The molecule has 2 fully saturated rings. The topological polar surface area (TPSA) is 15.3 Å². The van der Waals surface area contributed by atoms with Gasteiger partial charge in [-0.3, -0.25) is 0 Å². The van der Waals surface area contributed by atoms with E-state index in [4.69, 9.17) is 0 Å². The molecule has 0 aromatic carbocycles. The number of hydrogen-bond donors (Lipinski definition) is 1. The number of rotatable bonds is 4. The Morgan fingerprint density at radius 2 is 1.65 bits per heavy atom. The Morgan fingerprint density at radius 1 is 1.00 bits per heavy atom. The van der Waals surface area contributed by atoms with Crippen molar-refractivity contribution in [1.82, 2.24) is 10.2 Å². The molecular weight excluding hydrogens is 244 g/mol. The third-order valence-electron chi connectivity index (χ3n) is 5.20. The predicted molar refractivity (Wildman–Crippen MR) is 88.1 cm³/mol. The van der Waals surface area contributed by atoms with Crippen molar-refractivity contribution in [1.29, 1.82) is 0 Å². The maximum atomic E-state index is 3.79. The highest BCUT2D eigenvalue weighted by Crippen LogP contribution is 2.40. The van der Waals surface area contributed by atoms with Crippen LogP contribution in [-0.4, -0.2) is 36.6 Å². The van der Waals surface area contributed by atoms with E-state index in [1.807, 2.05) is 0 Å². The van der Waals surface area contributed by atoms with E-state index in [0.717, 1.165) is 0 Å². The minimum Gasteiger partial charge on any atom is -0.311 e. The van der Waals surface area contributed by atoms with Gasteiger partial charge in [0.25, 0.3) is 0 Å². The molecule has 2 heteroatoms. The van der Waals surface area contributed by atoms with Crippen LogP contribution in [0.5, 0.6) is 0 Å². The van der Waals surface area contributed by atoms with Gasteiger partial charge in [-0.15, -0.1) is 0 Å². The SMILES string of the molecule is CC1(C)CCCN(CC2(CNC(C)(C)C)CCCC2)C1. The summed E-state index contributed by atoms with van der Waals surface area (Å²) in [4.78, 5) is 2.76. The van der Waals surface area contributed by atoms with E-state index in [1.165, 1.54) is 64.7 Å². The van der Waals surface area contributed by atoms with Gasteiger partial charge < -0.3 is 10.2 Å². The van der Waals surface area contributed by atoms with E-state index in [1.54, 1.807) is 0 Å². The summed E-state index contributed by atoms with van der Waals surface area (Å²) in [7, 11) is 0. The molecule has 1 aliphatic carbocycles. The van der Waals surface area contributed by atoms with Crippen LogP contribution in [0.3, 0.4) is 0 Å². The molecule has 0 aromatic rings. The van der Waals surface area contributed by atoms with Crippen molar-refractivity contribution in [2.24, 2.45) is 10.8 Å². The lowest BCUT2D eigenvalue weighted by Crippen LogP contribution is -2.50. The van der Waals surface area contributed by atoms with Crippen molar-refractivity contribution in [2.75, 3.05) is 26.2 Å². The number of nitrogens with one attached hydrogen (secondary N) is 1. The lowest BCUT2D eigenvalue weighted by atomic mass is 9.80. The Hall–Kier alpha value is -0.0800. The standard InChI is InChI=1S/C18H36N2/c1-16(2,3)19-13-18(10-6-7-11-18)15-20-12-8-9-17(4,5)14-20/h19H,6-15H2,1-5H3. The molecule has 1 heterocycles. The summed E-state index contributed by atoms with van der Waals surface area (Å²) in [5.74, 6) is 0. The lowest BCUT2D eigenvalue weighted by molar-refractivity contribution is 0.0670. The van der Waals surface area contributed by atoms with Gasteiger partial charge in [0.2, 0.25) is 0 Å². The van der Waals surface area contributed by atoms with Gasteiger partial charge in [-0.2, -0.15) is 0 Å². The van der Waals surface area contributed by atoms with Crippen LogP contribution < -0.4 is 5.32 Å². The van der Waals surface area contributed by atoms with E-state index in [2.05, 4.69) is 44.8 Å². The molecule has 2 rings (SSSR count). The smallest absolute Gasteiger partial charge is 0.00967 e. The number of piperidine rings is 1. The fraction of sp³-hybridized carbons (Fsp3) is 1.00. The highest BCUT2D eigenvalue weighted by atomic mass is 15.2. The number of nitrogens with zero attached hydrogens (tertiary/aromatic N) is 1. The van der Waals surface area contributed by atoms with Crippen molar-refractivity contribution in [3.63, 3.8) is 0 Å². The van der Waals surface area contributed by atoms with E-state index in [0.29, 0.717) is 10.8 Å². The second-order valence-corrected chi connectivity index (χ2v) is 9.29. The first-order valence-electron chi connectivity index (χ1n) is 8.67. The van der Waals surface area contributed by atoms with Gasteiger partial charge in [0.1, 0.15) is 0 Å².